The van der Waals surface area contributed by atoms with Gasteiger partial charge in [0.25, 0.3) is 0 Å². The maximum Gasteiger partial charge on any atom is 0.0506 e. The van der Waals surface area contributed by atoms with E-state index in [1.807, 2.05) is 0 Å². The van der Waals surface area contributed by atoms with E-state index in [0.29, 0.717) is 6.04 Å². The molecular formula is C13H28N2O. The molecule has 0 aromatic carbocycles. The van der Waals surface area contributed by atoms with Crippen LogP contribution in [0, 0.1) is 5.92 Å². The fraction of sp³-hybridized carbons (Fsp3) is 1.00. The first-order chi connectivity index (χ1) is 7.76. The lowest BCUT2D eigenvalue weighted by Gasteiger charge is -2.29. The van der Waals surface area contributed by atoms with Crippen LogP contribution in [0.15, 0.2) is 0 Å². The molecule has 0 amide bonds. The average molecular weight is 228 g/mol. The van der Waals surface area contributed by atoms with Gasteiger partial charge in [-0.05, 0) is 39.3 Å². The van der Waals surface area contributed by atoms with Crippen LogP contribution in [0.1, 0.15) is 32.6 Å². The van der Waals surface area contributed by atoms with Crippen LogP contribution in [-0.4, -0.2) is 51.3 Å². The van der Waals surface area contributed by atoms with Crippen molar-refractivity contribution in [3.05, 3.63) is 0 Å². The van der Waals surface area contributed by atoms with Crippen LogP contribution in [0.25, 0.3) is 0 Å². The van der Waals surface area contributed by atoms with E-state index in [0.717, 1.165) is 25.7 Å². The molecule has 3 heteroatoms. The van der Waals surface area contributed by atoms with Crippen LogP contribution in [0.5, 0.6) is 0 Å². The molecule has 1 aliphatic heterocycles. The van der Waals surface area contributed by atoms with Crippen LogP contribution in [0.4, 0.5) is 0 Å². The SMILES string of the molecule is CCCC(CN(C)CC1CCCOC1)NC. The van der Waals surface area contributed by atoms with E-state index in [9.17, 15) is 0 Å². The van der Waals surface area contributed by atoms with Crippen LogP contribution in [-0.2, 0) is 4.74 Å². The summed E-state index contributed by atoms with van der Waals surface area (Å²) in [7, 11) is 4.30. The molecule has 16 heavy (non-hydrogen) atoms. The number of rotatable bonds is 7. The number of likely N-dealkylation sites (N-methyl/N-ethyl adjacent to an activating group) is 2. The summed E-state index contributed by atoms with van der Waals surface area (Å²) in [5, 5.41) is 3.40. The summed E-state index contributed by atoms with van der Waals surface area (Å²) < 4.78 is 5.52. The molecule has 0 aliphatic carbocycles. The molecule has 0 spiro atoms. The summed E-state index contributed by atoms with van der Waals surface area (Å²) in [5.41, 5.74) is 0. The zero-order chi connectivity index (χ0) is 11.8. The third-order valence-corrected chi connectivity index (χ3v) is 3.40. The highest BCUT2D eigenvalue weighted by Gasteiger charge is 2.17. The first-order valence-electron chi connectivity index (χ1n) is 6.69. The molecule has 1 aliphatic rings. The van der Waals surface area contributed by atoms with E-state index >= 15 is 0 Å². The molecule has 1 fully saturated rings. The third-order valence-electron chi connectivity index (χ3n) is 3.40. The molecule has 3 nitrogen and oxygen atoms in total. The first-order valence-corrected chi connectivity index (χ1v) is 6.69. The van der Waals surface area contributed by atoms with E-state index in [4.69, 9.17) is 4.74 Å². The largest absolute Gasteiger partial charge is 0.381 e. The summed E-state index contributed by atoms with van der Waals surface area (Å²) >= 11 is 0. The second kappa shape index (κ2) is 8.04. The Morgan fingerprint density at radius 1 is 1.50 bits per heavy atom. The number of nitrogens with zero attached hydrogens (tertiary/aromatic N) is 1. The normalized spacial score (nSPS) is 23.6. The lowest BCUT2D eigenvalue weighted by atomic mass is 10.0. The highest BCUT2D eigenvalue weighted by atomic mass is 16.5. The van der Waals surface area contributed by atoms with Crippen molar-refractivity contribution in [2.24, 2.45) is 5.92 Å². The molecule has 2 unspecified atom stereocenters. The minimum atomic E-state index is 0.638. The zero-order valence-electron chi connectivity index (χ0n) is 11.2. The predicted octanol–water partition coefficient (Wildman–Crippen LogP) is 1.73. The number of hydrogen-bond donors (Lipinski definition) is 1. The Balaban J connectivity index is 2.19. The summed E-state index contributed by atoms with van der Waals surface area (Å²) in [6.07, 6.45) is 5.10. The van der Waals surface area contributed by atoms with Crippen molar-refractivity contribution in [1.82, 2.24) is 10.2 Å². The van der Waals surface area contributed by atoms with E-state index in [-0.39, 0.29) is 0 Å². The van der Waals surface area contributed by atoms with Gasteiger partial charge in [0.2, 0.25) is 0 Å². The Morgan fingerprint density at radius 3 is 2.88 bits per heavy atom. The molecule has 1 rings (SSSR count). The third kappa shape index (κ3) is 5.28. The van der Waals surface area contributed by atoms with Crippen molar-refractivity contribution in [2.75, 3.05) is 40.4 Å². The monoisotopic (exact) mass is 228 g/mol. The maximum atomic E-state index is 5.52. The standard InChI is InChI=1S/C13H28N2O/c1-4-6-13(14-2)10-15(3)9-12-7-5-8-16-11-12/h12-14H,4-11H2,1-3H3. The molecule has 0 aromatic rings. The molecular weight excluding hydrogens is 200 g/mol. The van der Waals surface area contributed by atoms with Crippen molar-refractivity contribution < 1.29 is 4.74 Å². The highest BCUT2D eigenvalue weighted by molar-refractivity contribution is 4.72. The zero-order valence-corrected chi connectivity index (χ0v) is 11.2. The van der Waals surface area contributed by atoms with E-state index in [1.165, 1.54) is 32.2 Å². The van der Waals surface area contributed by atoms with Crippen molar-refractivity contribution in [3.8, 4) is 0 Å². The van der Waals surface area contributed by atoms with Gasteiger partial charge in [-0.15, -0.1) is 0 Å². The van der Waals surface area contributed by atoms with Gasteiger partial charge in [-0.3, -0.25) is 0 Å². The minimum Gasteiger partial charge on any atom is -0.381 e. The number of nitrogens with one attached hydrogen (secondary N) is 1. The number of ether oxygens (including phenoxy) is 1. The lowest BCUT2D eigenvalue weighted by molar-refractivity contribution is 0.0409. The van der Waals surface area contributed by atoms with Gasteiger partial charge in [0.15, 0.2) is 0 Å². The Morgan fingerprint density at radius 2 is 2.31 bits per heavy atom. The fourth-order valence-electron chi connectivity index (χ4n) is 2.52. The van der Waals surface area contributed by atoms with Gasteiger partial charge in [0, 0.05) is 25.7 Å². The molecule has 0 bridgehead atoms. The second-order valence-corrected chi connectivity index (χ2v) is 5.08. The number of hydrogen-bond acceptors (Lipinski definition) is 3. The van der Waals surface area contributed by atoms with Crippen LogP contribution < -0.4 is 5.32 Å². The summed E-state index contributed by atoms with van der Waals surface area (Å²) in [6.45, 7) is 6.51. The van der Waals surface area contributed by atoms with Gasteiger partial charge in [-0.25, -0.2) is 0 Å². The summed E-state index contributed by atoms with van der Waals surface area (Å²) in [6, 6.07) is 0.638. The van der Waals surface area contributed by atoms with Gasteiger partial charge in [0.05, 0.1) is 6.61 Å². The molecule has 96 valence electrons. The van der Waals surface area contributed by atoms with Gasteiger partial charge in [-0.2, -0.15) is 0 Å². The Hall–Kier alpha value is -0.120. The van der Waals surface area contributed by atoms with Gasteiger partial charge in [0.1, 0.15) is 0 Å². The predicted molar refractivity (Wildman–Crippen MR) is 68.8 cm³/mol. The Kier molecular flexibility index (Phi) is 7.01. The quantitative estimate of drug-likeness (QED) is 0.718. The Labute approximate surface area is 101 Å². The molecule has 1 saturated heterocycles. The maximum absolute atomic E-state index is 5.52. The van der Waals surface area contributed by atoms with Crippen LogP contribution >= 0.6 is 0 Å². The smallest absolute Gasteiger partial charge is 0.0506 e. The highest BCUT2D eigenvalue weighted by Crippen LogP contribution is 2.14. The molecule has 0 radical (unpaired) electrons. The average Bonchev–Trinajstić information content (AvgIpc) is 2.29. The molecule has 1 N–H and O–H groups in total. The van der Waals surface area contributed by atoms with E-state index < -0.39 is 0 Å². The van der Waals surface area contributed by atoms with Crippen molar-refractivity contribution >= 4 is 0 Å². The Bertz CT molecular complexity index is 163. The van der Waals surface area contributed by atoms with Crippen LogP contribution in [0.3, 0.4) is 0 Å². The van der Waals surface area contributed by atoms with Gasteiger partial charge >= 0.3 is 0 Å². The van der Waals surface area contributed by atoms with E-state index in [2.05, 4.69) is 31.2 Å². The van der Waals surface area contributed by atoms with E-state index in [1.54, 1.807) is 0 Å². The van der Waals surface area contributed by atoms with Crippen LogP contribution in [0.2, 0.25) is 0 Å². The fourth-order valence-corrected chi connectivity index (χ4v) is 2.52. The topological polar surface area (TPSA) is 24.5 Å². The molecule has 2 atom stereocenters. The molecule has 0 aromatic heterocycles. The minimum absolute atomic E-state index is 0.638. The summed E-state index contributed by atoms with van der Waals surface area (Å²) in [5.74, 6) is 0.748. The van der Waals surface area contributed by atoms with Crippen molar-refractivity contribution in [3.63, 3.8) is 0 Å². The first kappa shape index (κ1) is 13.9. The molecule has 1 heterocycles. The van der Waals surface area contributed by atoms with Crippen molar-refractivity contribution in [2.45, 2.75) is 38.6 Å². The second-order valence-electron chi connectivity index (χ2n) is 5.08. The summed E-state index contributed by atoms with van der Waals surface area (Å²) in [4.78, 5) is 2.45. The van der Waals surface area contributed by atoms with Crippen molar-refractivity contribution in [1.29, 1.82) is 0 Å². The van der Waals surface area contributed by atoms with Gasteiger partial charge < -0.3 is 15.0 Å². The molecule has 0 saturated carbocycles. The van der Waals surface area contributed by atoms with Gasteiger partial charge in [-0.1, -0.05) is 13.3 Å². The lowest BCUT2D eigenvalue weighted by Crippen LogP contribution is -2.40.